The van der Waals surface area contributed by atoms with Gasteiger partial charge in [0.2, 0.25) is 11.8 Å². The Hall–Kier alpha value is -4.14. The summed E-state index contributed by atoms with van der Waals surface area (Å²) in [5.74, 6) is 1.07. The first-order valence-corrected chi connectivity index (χ1v) is 14.5. The molecule has 0 aliphatic carbocycles. The molecule has 9 nitrogen and oxygen atoms in total. The van der Waals surface area contributed by atoms with Gasteiger partial charge in [0.1, 0.15) is 11.9 Å². The number of hydrogen-bond acceptors (Lipinski definition) is 4. The van der Waals surface area contributed by atoms with E-state index in [0.29, 0.717) is 37.7 Å². The van der Waals surface area contributed by atoms with Crippen LogP contribution in [0, 0.1) is 12.8 Å². The van der Waals surface area contributed by atoms with E-state index >= 15 is 0 Å². The van der Waals surface area contributed by atoms with Gasteiger partial charge in [-0.25, -0.2) is 9.48 Å². The number of benzene rings is 2. The zero-order chi connectivity index (χ0) is 29.1. The van der Waals surface area contributed by atoms with Crippen molar-refractivity contribution in [3.05, 3.63) is 71.4 Å². The van der Waals surface area contributed by atoms with E-state index in [-0.39, 0.29) is 29.3 Å². The van der Waals surface area contributed by atoms with Gasteiger partial charge in [-0.15, -0.1) is 0 Å². The molecular weight excluding hydrogens is 516 g/mol. The van der Waals surface area contributed by atoms with E-state index in [4.69, 9.17) is 5.10 Å². The number of aromatic nitrogens is 2. The molecule has 3 aromatic rings. The fraction of sp³-hybridized carbons (Fsp3) is 0.438. The molecule has 1 atom stereocenters. The standard InChI is InChI=1S/C32H40N6O3/c1-21-8-10-25(11-9-21)38-28(20-27(36-38)32(2,3)4)35-31(41)33-24-7-5-6-23(19-24)18-22-14-16-37(17-15-22)30(40)26-12-13-29(39)34-26/h5-11,19-20,22,26H,12-18H2,1-4H3,(H,34,39)(H2,33,35,41). The lowest BCUT2D eigenvalue weighted by Gasteiger charge is -2.33. The number of nitrogens with zero attached hydrogens (tertiary/aromatic N) is 3. The van der Waals surface area contributed by atoms with Crippen LogP contribution in [0.4, 0.5) is 16.3 Å². The van der Waals surface area contributed by atoms with E-state index in [1.807, 2.05) is 60.4 Å². The summed E-state index contributed by atoms with van der Waals surface area (Å²) in [5.41, 5.74) is 4.62. The molecule has 41 heavy (non-hydrogen) atoms. The first kappa shape index (κ1) is 28.4. The van der Waals surface area contributed by atoms with Crippen molar-refractivity contribution in [2.45, 2.75) is 71.3 Å². The Labute approximate surface area is 241 Å². The SMILES string of the molecule is Cc1ccc(-n2nc(C(C)(C)C)cc2NC(=O)Nc2cccc(CC3CCN(C(=O)C4CCC(=O)N4)CC3)c2)cc1. The van der Waals surface area contributed by atoms with Crippen LogP contribution in [0.2, 0.25) is 0 Å². The van der Waals surface area contributed by atoms with Gasteiger partial charge >= 0.3 is 6.03 Å². The Morgan fingerprint density at radius 3 is 2.39 bits per heavy atom. The Morgan fingerprint density at radius 1 is 1.00 bits per heavy atom. The number of amides is 4. The second kappa shape index (κ2) is 11.8. The number of nitrogens with one attached hydrogen (secondary N) is 3. The van der Waals surface area contributed by atoms with Crippen LogP contribution < -0.4 is 16.0 Å². The van der Waals surface area contributed by atoms with E-state index in [9.17, 15) is 14.4 Å². The van der Waals surface area contributed by atoms with Gasteiger partial charge in [-0.1, -0.05) is 50.6 Å². The van der Waals surface area contributed by atoms with Crippen LogP contribution >= 0.6 is 0 Å². The second-order valence-corrected chi connectivity index (χ2v) is 12.3. The predicted molar refractivity (Wildman–Crippen MR) is 160 cm³/mol. The maximum atomic E-state index is 13.1. The molecule has 3 N–H and O–H groups in total. The fourth-order valence-corrected chi connectivity index (χ4v) is 5.48. The zero-order valence-electron chi connectivity index (χ0n) is 24.4. The minimum atomic E-state index is -0.358. The molecule has 9 heteroatoms. The van der Waals surface area contributed by atoms with E-state index in [2.05, 4.69) is 42.8 Å². The second-order valence-electron chi connectivity index (χ2n) is 12.3. The summed E-state index contributed by atoms with van der Waals surface area (Å²) in [5, 5.41) is 13.6. The summed E-state index contributed by atoms with van der Waals surface area (Å²) in [6, 6.07) is 17.2. The van der Waals surface area contributed by atoms with Crippen LogP contribution in [0.5, 0.6) is 0 Å². The summed E-state index contributed by atoms with van der Waals surface area (Å²) in [7, 11) is 0. The van der Waals surface area contributed by atoms with E-state index in [1.165, 1.54) is 0 Å². The number of anilines is 2. The number of rotatable bonds is 6. The summed E-state index contributed by atoms with van der Waals surface area (Å²) in [6.07, 6.45) is 3.75. The van der Waals surface area contributed by atoms with Crippen molar-refractivity contribution in [3.63, 3.8) is 0 Å². The molecule has 5 rings (SSSR count). The van der Waals surface area contributed by atoms with Crippen LogP contribution in [0.15, 0.2) is 54.6 Å². The van der Waals surface area contributed by atoms with Gasteiger partial charge in [-0.05, 0) is 68.4 Å². The molecule has 3 heterocycles. The predicted octanol–water partition coefficient (Wildman–Crippen LogP) is 5.18. The van der Waals surface area contributed by atoms with Crippen molar-refractivity contribution in [1.82, 2.24) is 20.0 Å². The summed E-state index contributed by atoms with van der Waals surface area (Å²) in [6.45, 7) is 9.75. The van der Waals surface area contributed by atoms with Crippen molar-refractivity contribution in [3.8, 4) is 5.69 Å². The molecule has 1 aromatic heterocycles. The fourth-order valence-electron chi connectivity index (χ4n) is 5.48. The van der Waals surface area contributed by atoms with E-state index in [1.54, 1.807) is 4.68 Å². The van der Waals surface area contributed by atoms with Gasteiger partial charge in [-0.3, -0.25) is 14.9 Å². The molecule has 216 valence electrons. The van der Waals surface area contributed by atoms with Gasteiger partial charge in [0.05, 0.1) is 11.4 Å². The highest BCUT2D eigenvalue weighted by atomic mass is 16.2. The monoisotopic (exact) mass is 556 g/mol. The molecule has 0 saturated carbocycles. The van der Waals surface area contributed by atoms with Gasteiger partial charge in [0, 0.05) is 36.7 Å². The van der Waals surface area contributed by atoms with Gasteiger partial charge in [0.15, 0.2) is 0 Å². The first-order valence-electron chi connectivity index (χ1n) is 14.5. The van der Waals surface area contributed by atoms with Crippen molar-refractivity contribution in [2.75, 3.05) is 23.7 Å². The van der Waals surface area contributed by atoms with Gasteiger partial charge < -0.3 is 15.5 Å². The maximum Gasteiger partial charge on any atom is 0.324 e. The third-order valence-corrected chi connectivity index (χ3v) is 7.93. The molecule has 2 aromatic carbocycles. The number of likely N-dealkylation sites (tertiary alicyclic amines) is 1. The van der Waals surface area contributed by atoms with Crippen LogP contribution in [0.25, 0.3) is 5.69 Å². The van der Waals surface area contributed by atoms with Crippen molar-refractivity contribution < 1.29 is 14.4 Å². The Bertz CT molecular complexity index is 1410. The van der Waals surface area contributed by atoms with Crippen molar-refractivity contribution >= 4 is 29.4 Å². The highest BCUT2D eigenvalue weighted by Crippen LogP contribution is 2.27. The van der Waals surface area contributed by atoms with E-state index in [0.717, 1.165) is 47.5 Å². The van der Waals surface area contributed by atoms with Crippen LogP contribution in [-0.2, 0) is 21.4 Å². The number of urea groups is 1. The highest BCUT2D eigenvalue weighted by Gasteiger charge is 2.32. The quantitative estimate of drug-likeness (QED) is 0.389. The summed E-state index contributed by atoms with van der Waals surface area (Å²) >= 11 is 0. The molecule has 2 saturated heterocycles. The molecule has 0 radical (unpaired) electrons. The number of aryl methyl sites for hydroxylation is 1. The van der Waals surface area contributed by atoms with Gasteiger partial charge in [0.25, 0.3) is 0 Å². The van der Waals surface area contributed by atoms with Crippen LogP contribution in [-0.4, -0.2) is 51.7 Å². The average Bonchev–Trinajstić information content (AvgIpc) is 3.56. The molecule has 1 unspecified atom stereocenters. The number of carbonyl (C=O) groups is 3. The third kappa shape index (κ3) is 6.96. The molecule has 0 spiro atoms. The average molecular weight is 557 g/mol. The minimum Gasteiger partial charge on any atom is -0.344 e. The largest absolute Gasteiger partial charge is 0.344 e. The molecular formula is C32H40N6O3. The molecule has 2 aliphatic heterocycles. The van der Waals surface area contributed by atoms with Crippen LogP contribution in [0.1, 0.15) is 63.3 Å². The third-order valence-electron chi connectivity index (χ3n) is 7.93. The molecule has 2 aliphatic rings. The summed E-state index contributed by atoms with van der Waals surface area (Å²) in [4.78, 5) is 39.2. The zero-order valence-corrected chi connectivity index (χ0v) is 24.4. The Kier molecular flexibility index (Phi) is 8.15. The van der Waals surface area contributed by atoms with Crippen molar-refractivity contribution in [2.24, 2.45) is 5.92 Å². The first-order chi connectivity index (χ1) is 19.5. The van der Waals surface area contributed by atoms with E-state index < -0.39 is 0 Å². The number of piperidine rings is 1. The Balaban J connectivity index is 1.19. The summed E-state index contributed by atoms with van der Waals surface area (Å²) < 4.78 is 1.77. The lowest BCUT2D eigenvalue weighted by molar-refractivity contribution is -0.135. The lowest BCUT2D eigenvalue weighted by atomic mass is 9.89. The molecule has 4 amide bonds. The maximum absolute atomic E-state index is 13.1. The van der Waals surface area contributed by atoms with Crippen LogP contribution in [0.3, 0.4) is 0 Å². The minimum absolute atomic E-state index is 0.0352. The smallest absolute Gasteiger partial charge is 0.324 e. The number of hydrogen-bond donors (Lipinski definition) is 3. The molecule has 0 bridgehead atoms. The Morgan fingerprint density at radius 2 is 1.73 bits per heavy atom. The number of carbonyl (C=O) groups excluding carboxylic acids is 3. The highest BCUT2D eigenvalue weighted by molar-refractivity contribution is 5.99. The topological polar surface area (TPSA) is 108 Å². The molecule has 2 fully saturated rings. The lowest BCUT2D eigenvalue weighted by Crippen LogP contribution is -2.47. The van der Waals surface area contributed by atoms with Crippen molar-refractivity contribution in [1.29, 1.82) is 0 Å². The normalized spacial score (nSPS) is 17.8. The van der Waals surface area contributed by atoms with Gasteiger partial charge in [-0.2, -0.15) is 5.10 Å².